The van der Waals surface area contributed by atoms with E-state index in [4.69, 9.17) is 4.42 Å². The fourth-order valence-corrected chi connectivity index (χ4v) is 3.26. The molecular weight excluding hydrogens is 294 g/mol. The van der Waals surface area contributed by atoms with E-state index >= 15 is 0 Å². The number of nitrogens with zero attached hydrogens (tertiary/aromatic N) is 2. The van der Waals surface area contributed by atoms with Crippen LogP contribution in [0.4, 0.5) is 0 Å². The van der Waals surface area contributed by atoms with Crippen molar-refractivity contribution in [1.29, 1.82) is 0 Å². The van der Waals surface area contributed by atoms with Gasteiger partial charge in [0.15, 0.2) is 5.03 Å². The van der Waals surface area contributed by atoms with Gasteiger partial charge in [-0.25, -0.2) is 18.1 Å². The van der Waals surface area contributed by atoms with Gasteiger partial charge in [0.05, 0.1) is 6.26 Å². The molecule has 116 valence electrons. The summed E-state index contributed by atoms with van der Waals surface area (Å²) in [7, 11) is -1.97. The molecule has 0 aromatic carbocycles. The highest BCUT2D eigenvalue weighted by Gasteiger charge is 2.23. The van der Waals surface area contributed by atoms with Crippen molar-refractivity contribution in [3.05, 3.63) is 36.2 Å². The van der Waals surface area contributed by atoms with E-state index in [2.05, 4.69) is 9.71 Å². The maximum atomic E-state index is 12.2. The number of aryl methyl sites for hydroxylation is 2. The number of furan rings is 1. The van der Waals surface area contributed by atoms with Crippen LogP contribution in [-0.2, 0) is 17.1 Å². The summed E-state index contributed by atoms with van der Waals surface area (Å²) in [6.07, 6.45) is 2.26. The Morgan fingerprint density at radius 3 is 2.76 bits per heavy atom. The average molecular weight is 313 g/mol. The third-order valence-electron chi connectivity index (χ3n) is 3.17. The molecule has 0 radical (unpaired) electrons. The zero-order valence-electron chi connectivity index (χ0n) is 12.1. The molecule has 7 nitrogen and oxygen atoms in total. The topological polar surface area (TPSA) is 97.4 Å². The predicted molar refractivity (Wildman–Crippen MR) is 76.0 cm³/mol. The maximum Gasteiger partial charge on any atom is 0.259 e. The Morgan fingerprint density at radius 2 is 2.24 bits per heavy atom. The van der Waals surface area contributed by atoms with Crippen LogP contribution in [0.25, 0.3) is 0 Å². The molecule has 2 heterocycles. The number of nitrogens with one attached hydrogen (secondary N) is 1. The molecule has 21 heavy (non-hydrogen) atoms. The Morgan fingerprint density at radius 1 is 1.52 bits per heavy atom. The molecule has 0 unspecified atom stereocenters. The minimum atomic E-state index is -3.70. The van der Waals surface area contributed by atoms with Crippen molar-refractivity contribution in [3.8, 4) is 0 Å². The molecule has 0 saturated carbocycles. The zero-order chi connectivity index (χ0) is 15.6. The second-order valence-electron chi connectivity index (χ2n) is 5.03. The highest BCUT2D eigenvalue weighted by atomic mass is 32.2. The molecule has 2 aromatic heterocycles. The van der Waals surface area contributed by atoms with Gasteiger partial charge in [0.25, 0.3) is 10.0 Å². The Balaban J connectivity index is 2.03. The van der Waals surface area contributed by atoms with E-state index in [9.17, 15) is 13.5 Å². The fourth-order valence-electron chi connectivity index (χ4n) is 1.96. The molecule has 0 bridgehead atoms. The van der Waals surface area contributed by atoms with E-state index < -0.39 is 22.2 Å². The van der Waals surface area contributed by atoms with Gasteiger partial charge in [-0.05, 0) is 32.4 Å². The lowest BCUT2D eigenvalue weighted by molar-refractivity contribution is 0.132. The van der Waals surface area contributed by atoms with E-state index in [1.807, 2.05) is 0 Å². The van der Waals surface area contributed by atoms with Crippen molar-refractivity contribution in [3.63, 3.8) is 0 Å². The Bertz CT molecular complexity index is 672. The predicted octanol–water partition coefficient (Wildman–Crippen LogP) is 1.11. The van der Waals surface area contributed by atoms with E-state index in [1.54, 1.807) is 37.6 Å². The van der Waals surface area contributed by atoms with Crippen molar-refractivity contribution in [1.82, 2.24) is 14.3 Å². The largest absolute Gasteiger partial charge is 0.467 e. The standard InChI is InChI=1S/C13H19N3O4S/c1-9(7-11(17)12-5-4-6-20-12)15-21(18,19)13-8-16(3)10(2)14-13/h4-6,8-9,11,15,17H,7H2,1-3H3/t9-,11+/m0/s1. The number of rotatable bonds is 6. The molecule has 2 rings (SSSR count). The van der Waals surface area contributed by atoms with Crippen molar-refractivity contribution < 1.29 is 17.9 Å². The maximum absolute atomic E-state index is 12.2. The molecule has 0 aliphatic rings. The van der Waals surface area contributed by atoms with Crippen molar-refractivity contribution in [2.24, 2.45) is 7.05 Å². The summed E-state index contributed by atoms with van der Waals surface area (Å²) in [5.74, 6) is 1.02. The molecule has 2 N–H and O–H groups in total. The van der Waals surface area contributed by atoms with Crippen molar-refractivity contribution >= 4 is 10.0 Å². The molecule has 0 spiro atoms. The third kappa shape index (κ3) is 3.72. The minimum Gasteiger partial charge on any atom is -0.467 e. The molecule has 0 fully saturated rings. The van der Waals surface area contributed by atoms with Gasteiger partial charge in [-0.15, -0.1) is 0 Å². The molecule has 0 aliphatic heterocycles. The van der Waals surface area contributed by atoms with Crippen molar-refractivity contribution in [2.45, 2.75) is 37.4 Å². The van der Waals surface area contributed by atoms with Crippen LogP contribution in [0.2, 0.25) is 0 Å². The van der Waals surface area contributed by atoms with Gasteiger partial charge in [-0.2, -0.15) is 0 Å². The lowest BCUT2D eigenvalue weighted by Gasteiger charge is -2.15. The number of aromatic nitrogens is 2. The summed E-state index contributed by atoms with van der Waals surface area (Å²) in [6, 6.07) is 2.86. The fraction of sp³-hybridized carbons (Fsp3) is 0.462. The van der Waals surface area contributed by atoms with E-state index in [-0.39, 0.29) is 11.4 Å². The first-order valence-electron chi connectivity index (χ1n) is 6.53. The zero-order valence-corrected chi connectivity index (χ0v) is 13.0. The van der Waals surface area contributed by atoms with Gasteiger partial charge in [0, 0.05) is 19.3 Å². The number of hydrogen-bond donors (Lipinski definition) is 2. The van der Waals surface area contributed by atoms with Crippen LogP contribution in [0, 0.1) is 6.92 Å². The van der Waals surface area contributed by atoms with Crippen LogP contribution >= 0.6 is 0 Å². The van der Waals surface area contributed by atoms with Gasteiger partial charge in [0.2, 0.25) is 0 Å². The first kappa shape index (κ1) is 15.7. The number of aliphatic hydroxyl groups excluding tert-OH is 1. The normalized spacial score (nSPS) is 15.0. The van der Waals surface area contributed by atoms with Gasteiger partial charge in [-0.3, -0.25) is 0 Å². The van der Waals surface area contributed by atoms with Gasteiger partial charge >= 0.3 is 0 Å². The smallest absolute Gasteiger partial charge is 0.259 e. The van der Waals surface area contributed by atoms with Crippen LogP contribution in [0.5, 0.6) is 0 Å². The summed E-state index contributed by atoms with van der Waals surface area (Å²) >= 11 is 0. The number of aliphatic hydroxyl groups is 1. The summed E-state index contributed by atoms with van der Waals surface area (Å²) < 4.78 is 33.6. The highest BCUT2D eigenvalue weighted by Crippen LogP contribution is 2.19. The lowest BCUT2D eigenvalue weighted by atomic mass is 10.1. The Kier molecular flexibility index (Phi) is 4.50. The van der Waals surface area contributed by atoms with Crippen LogP contribution in [0.1, 0.15) is 31.0 Å². The quantitative estimate of drug-likeness (QED) is 0.832. The summed E-state index contributed by atoms with van der Waals surface area (Å²) in [4.78, 5) is 4.00. The third-order valence-corrected chi connectivity index (χ3v) is 4.63. The first-order valence-corrected chi connectivity index (χ1v) is 8.01. The van der Waals surface area contributed by atoms with Gasteiger partial charge < -0.3 is 14.1 Å². The minimum absolute atomic E-state index is 0.0261. The average Bonchev–Trinajstić information content (AvgIpc) is 2.99. The molecule has 0 saturated heterocycles. The SMILES string of the molecule is Cc1nc(S(=O)(=O)N[C@@H](C)C[C@@H](O)c2ccco2)cn1C. The molecule has 2 atom stereocenters. The Hall–Kier alpha value is -1.64. The van der Waals surface area contributed by atoms with Crippen molar-refractivity contribution in [2.75, 3.05) is 0 Å². The van der Waals surface area contributed by atoms with E-state index in [1.165, 1.54) is 12.5 Å². The molecule has 2 aromatic rings. The molecule has 0 amide bonds. The first-order chi connectivity index (χ1) is 9.79. The number of sulfonamides is 1. The van der Waals surface area contributed by atoms with Crippen LogP contribution in [0.15, 0.2) is 34.0 Å². The summed E-state index contributed by atoms with van der Waals surface area (Å²) in [5, 5.41) is 9.92. The second-order valence-corrected chi connectivity index (χ2v) is 6.69. The number of imidazole rings is 1. The Labute approximate surface area is 123 Å². The van der Waals surface area contributed by atoms with Gasteiger partial charge in [0.1, 0.15) is 17.7 Å². The summed E-state index contributed by atoms with van der Waals surface area (Å²) in [6.45, 7) is 3.41. The summed E-state index contributed by atoms with van der Waals surface area (Å²) in [5.41, 5.74) is 0. The molecule has 0 aliphatic carbocycles. The molecular formula is C13H19N3O4S. The lowest BCUT2D eigenvalue weighted by Crippen LogP contribution is -2.34. The van der Waals surface area contributed by atoms with Crippen LogP contribution < -0.4 is 4.72 Å². The van der Waals surface area contributed by atoms with Crippen LogP contribution in [-0.4, -0.2) is 29.1 Å². The highest BCUT2D eigenvalue weighted by molar-refractivity contribution is 7.89. The van der Waals surface area contributed by atoms with E-state index in [0.29, 0.717) is 11.6 Å². The second kappa shape index (κ2) is 6.00. The monoisotopic (exact) mass is 313 g/mol. The number of hydrogen-bond acceptors (Lipinski definition) is 5. The van der Waals surface area contributed by atoms with E-state index in [0.717, 1.165) is 0 Å². The van der Waals surface area contributed by atoms with Crippen LogP contribution in [0.3, 0.4) is 0 Å². The van der Waals surface area contributed by atoms with Gasteiger partial charge in [-0.1, -0.05) is 0 Å². The molecule has 8 heteroatoms.